The van der Waals surface area contributed by atoms with E-state index in [1.54, 1.807) is 12.5 Å². The van der Waals surface area contributed by atoms with Crippen molar-refractivity contribution in [1.82, 2.24) is 15.5 Å². The zero-order valence-electron chi connectivity index (χ0n) is 11.1. The van der Waals surface area contributed by atoms with E-state index in [4.69, 9.17) is 4.42 Å². The Balaban J connectivity index is 2.36. The summed E-state index contributed by atoms with van der Waals surface area (Å²) >= 11 is 0. The fraction of sp³-hybridized carbons (Fsp3) is 0.429. The van der Waals surface area contributed by atoms with Gasteiger partial charge in [0.25, 0.3) is 0 Å². The van der Waals surface area contributed by atoms with Gasteiger partial charge in [0.15, 0.2) is 0 Å². The Hall–Kier alpha value is -1.68. The summed E-state index contributed by atoms with van der Waals surface area (Å²) < 4.78 is 5.19. The molecule has 2 heterocycles. The van der Waals surface area contributed by atoms with Crippen LogP contribution in [0, 0.1) is 13.8 Å². The molecule has 0 fully saturated rings. The third kappa shape index (κ3) is 2.76. The van der Waals surface area contributed by atoms with E-state index in [0.29, 0.717) is 0 Å². The number of nitrogens with zero attached hydrogens (tertiary/aromatic N) is 2. The molecule has 0 saturated heterocycles. The van der Waals surface area contributed by atoms with Crippen molar-refractivity contribution in [3.63, 3.8) is 0 Å². The molecule has 1 N–H and O–H groups in total. The lowest BCUT2D eigenvalue weighted by Gasteiger charge is -2.19. The number of hydrogen-bond donors (Lipinski definition) is 1. The van der Waals surface area contributed by atoms with E-state index in [-0.39, 0.29) is 6.04 Å². The van der Waals surface area contributed by atoms with Crippen LogP contribution < -0.4 is 5.32 Å². The molecule has 96 valence electrons. The molecule has 0 saturated carbocycles. The Kier molecular flexibility index (Phi) is 4.10. The average molecular weight is 245 g/mol. The predicted molar refractivity (Wildman–Crippen MR) is 70.4 cm³/mol. The second-order valence-electron chi connectivity index (χ2n) is 4.47. The molecule has 0 amide bonds. The van der Waals surface area contributed by atoms with Crippen LogP contribution in [-0.4, -0.2) is 16.7 Å². The van der Waals surface area contributed by atoms with Gasteiger partial charge in [0, 0.05) is 5.56 Å². The summed E-state index contributed by atoms with van der Waals surface area (Å²) in [5.41, 5.74) is 4.18. The van der Waals surface area contributed by atoms with Gasteiger partial charge in [0.1, 0.15) is 0 Å². The summed E-state index contributed by atoms with van der Waals surface area (Å²) in [6, 6.07) is 4.20. The van der Waals surface area contributed by atoms with Crippen molar-refractivity contribution in [3.8, 4) is 0 Å². The Morgan fingerprint density at radius 1 is 1.33 bits per heavy atom. The van der Waals surface area contributed by atoms with Gasteiger partial charge >= 0.3 is 0 Å². The smallest absolute Gasteiger partial charge is 0.0953 e. The van der Waals surface area contributed by atoms with Crippen molar-refractivity contribution in [2.45, 2.75) is 33.2 Å². The molecule has 4 nitrogen and oxygen atoms in total. The van der Waals surface area contributed by atoms with Crippen LogP contribution in [0.5, 0.6) is 0 Å². The zero-order chi connectivity index (χ0) is 13.0. The van der Waals surface area contributed by atoms with Crippen molar-refractivity contribution in [3.05, 3.63) is 47.2 Å². The molecular formula is C14H19N3O. The molecule has 0 bridgehead atoms. The Labute approximate surface area is 107 Å². The fourth-order valence-corrected chi connectivity index (χ4v) is 2.00. The molecule has 1 atom stereocenters. The van der Waals surface area contributed by atoms with E-state index in [1.165, 1.54) is 0 Å². The lowest BCUT2D eigenvalue weighted by atomic mass is 10.00. The lowest BCUT2D eigenvalue weighted by Crippen LogP contribution is -2.24. The van der Waals surface area contributed by atoms with Crippen LogP contribution in [0.15, 0.2) is 29.1 Å². The van der Waals surface area contributed by atoms with Crippen LogP contribution in [0.2, 0.25) is 0 Å². The minimum absolute atomic E-state index is 0.123. The zero-order valence-corrected chi connectivity index (χ0v) is 11.1. The largest absolute Gasteiger partial charge is 0.472 e. The first kappa shape index (κ1) is 12.8. The van der Waals surface area contributed by atoms with Crippen molar-refractivity contribution in [1.29, 1.82) is 0 Å². The summed E-state index contributed by atoms with van der Waals surface area (Å²) in [5, 5.41) is 11.8. The molecule has 0 aliphatic heterocycles. The van der Waals surface area contributed by atoms with Crippen LogP contribution in [0.25, 0.3) is 0 Å². The summed E-state index contributed by atoms with van der Waals surface area (Å²) in [6.45, 7) is 7.06. The van der Waals surface area contributed by atoms with Crippen molar-refractivity contribution < 1.29 is 4.42 Å². The van der Waals surface area contributed by atoms with Gasteiger partial charge < -0.3 is 9.73 Å². The molecule has 0 aromatic carbocycles. The van der Waals surface area contributed by atoms with Gasteiger partial charge in [-0.1, -0.05) is 6.92 Å². The number of hydrogen-bond acceptors (Lipinski definition) is 4. The predicted octanol–water partition coefficient (Wildman–Crippen LogP) is 2.78. The van der Waals surface area contributed by atoms with Gasteiger partial charge in [0.2, 0.25) is 0 Å². The summed E-state index contributed by atoms with van der Waals surface area (Å²) in [4.78, 5) is 0. The van der Waals surface area contributed by atoms with Crippen LogP contribution in [0.1, 0.15) is 41.9 Å². The number of aromatic nitrogens is 2. The van der Waals surface area contributed by atoms with E-state index < -0.39 is 0 Å². The highest BCUT2D eigenvalue weighted by Crippen LogP contribution is 2.24. The van der Waals surface area contributed by atoms with E-state index in [2.05, 4.69) is 28.5 Å². The van der Waals surface area contributed by atoms with E-state index in [1.807, 2.05) is 19.9 Å². The Morgan fingerprint density at radius 2 is 2.17 bits per heavy atom. The standard InChI is InChI=1S/C14H19N3O/c1-4-6-15-14(12-5-7-18-9-12)13-8-10(2)16-17-11(13)3/h5,7-9,14-15H,4,6H2,1-3H3. The van der Waals surface area contributed by atoms with Crippen molar-refractivity contribution >= 4 is 0 Å². The minimum atomic E-state index is 0.123. The number of furan rings is 1. The van der Waals surface area contributed by atoms with E-state index in [0.717, 1.165) is 35.5 Å². The van der Waals surface area contributed by atoms with Gasteiger partial charge in [-0.2, -0.15) is 10.2 Å². The third-order valence-corrected chi connectivity index (χ3v) is 2.93. The highest BCUT2D eigenvalue weighted by atomic mass is 16.3. The number of aryl methyl sites for hydroxylation is 2. The first-order chi connectivity index (χ1) is 8.72. The molecule has 2 aromatic rings. The normalized spacial score (nSPS) is 12.6. The molecular weight excluding hydrogens is 226 g/mol. The molecule has 1 unspecified atom stereocenters. The first-order valence-corrected chi connectivity index (χ1v) is 6.28. The Bertz CT molecular complexity index is 494. The van der Waals surface area contributed by atoms with Crippen LogP contribution in [-0.2, 0) is 0 Å². The van der Waals surface area contributed by atoms with Crippen LogP contribution >= 0.6 is 0 Å². The summed E-state index contributed by atoms with van der Waals surface area (Å²) in [6.07, 6.45) is 4.57. The average Bonchev–Trinajstić information content (AvgIpc) is 2.88. The van der Waals surface area contributed by atoms with Gasteiger partial charge in [-0.05, 0) is 44.5 Å². The highest BCUT2D eigenvalue weighted by Gasteiger charge is 2.17. The second-order valence-corrected chi connectivity index (χ2v) is 4.47. The molecule has 0 aliphatic carbocycles. The maximum Gasteiger partial charge on any atom is 0.0953 e. The maximum absolute atomic E-state index is 5.19. The maximum atomic E-state index is 5.19. The highest BCUT2D eigenvalue weighted by molar-refractivity contribution is 5.32. The van der Waals surface area contributed by atoms with E-state index in [9.17, 15) is 0 Å². The number of nitrogens with one attached hydrogen (secondary N) is 1. The molecule has 0 spiro atoms. The molecule has 2 aromatic heterocycles. The monoisotopic (exact) mass is 245 g/mol. The SMILES string of the molecule is CCCNC(c1ccoc1)c1cc(C)nnc1C. The summed E-state index contributed by atoms with van der Waals surface area (Å²) in [5.74, 6) is 0. The minimum Gasteiger partial charge on any atom is -0.472 e. The molecule has 0 radical (unpaired) electrons. The fourth-order valence-electron chi connectivity index (χ4n) is 2.00. The molecule has 18 heavy (non-hydrogen) atoms. The van der Waals surface area contributed by atoms with E-state index >= 15 is 0 Å². The quantitative estimate of drug-likeness (QED) is 0.880. The number of rotatable bonds is 5. The van der Waals surface area contributed by atoms with Gasteiger partial charge in [-0.3, -0.25) is 0 Å². The molecule has 0 aliphatic rings. The van der Waals surface area contributed by atoms with Gasteiger partial charge in [-0.25, -0.2) is 0 Å². The van der Waals surface area contributed by atoms with Crippen molar-refractivity contribution in [2.75, 3.05) is 6.54 Å². The molecule has 4 heteroatoms. The van der Waals surface area contributed by atoms with Gasteiger partial charge in [-0.15, -0.1) is 0 Å². The summed E-state index contributed by atoms with van der Waals surface area (Å²) in [7, 11) is 0. The first-order valence-electron chi connectivity index (χ1n) is 6.28. The van der Waals surface area contributed by atoms with Crippen LogP contribution in [0.4, 0.5) is 0 Å². The van der Waals surface area contributed by atoms with Crippen molar-refractivity contribution in [2.24, 2.45) is 0 Å². The third-order valence-electron chi connectivity index (χ3n) is 2.93. The molecule has 2 rings (SSSR count). The lowest BCUT2D eigenvalue weighted by molar-refractivity contribution is 0.546. The van der Waals surface area contributed by atoms with Crippen LogP contribution in [0.3, 0.4) is 0 Å². The topological polar surface area (TPSA) is 51.0 Å². The Morgan fingerprint density at radius 3 is 2.83 bits per heavy atom. The second kappa shape index (κ2) is 5.78. The van der Waals surface area contributed by atoms with Gasteiger partial charge in [0.05, 0.1) is 30.0 Å².